The molecule has 102 valence electrons. The van der Waals surface area contributed by atoms with Gasteiger partial charge in [0.1, 0.15) is 5.60 Å². The molecule has 0 amide bonds. The van der Waals surface area contributed by atoms with Gasteiger partial charge in [0, 0.05) is 0 Å². The van der Waals surface area contributed by atoms with Crippen molar-refractivity contribution in [1.82, 2.24) is 0 Å². The third-order valence-corrected chi connectivity index (χ3v) is 3.62. The first-order valence-corrected chi connectivity index (χ1v) is 6.92. The van der Waals surface area contributed by atoms with E-state index in [9.17, 15) is 13.2 Å². The molecule has 0 saturated carbocycles. The van der Waals surface area contributed by atoms with E-state index in [2.05, 4.69) is 4.79 Å². The normalized spacial score (nSPS) is 11.5. The predicted molar refractivity (Wildman–Crippen MR) is 68.1 cm³/mol. The van der Waals surface area contributed by atoms with Crippen LogP contribution in [-0.4, -0.2) is 29.8 Å². The Morgan fingerprint density at radius 2 is 1.74 bits per heavy atom. The molecular formula is C12H14N2O4S. The molecule has 0 aliphatic rings. The second kappa shape index (κ2) is 5.34. The fourth-order valence-electron chi connectivity index (χ4n) is 1.24. The van der Waals surface area contributed by atoms with Gasteiger partial charge in [-0.05, 0) is 32.9 Å². The lowest BCUT2D eigenvalue weighted by Crippen LogP contribution is -2.33. The summed E-state index contributed by atoms with van der Waals surface area (Å²) in [4.78, 5) is 14.1. The Morgan fingerprint density at radius 1 is 1.21 bits per heavy atom. The van der Waals surface area contributed by atoms with Gasteiger partial charge in [-0.15, -0.1) is 4.79 Å². The minimum atomic E-state index is -4.20. The number of hydrogen-bond donors (Lipinski definition) is 0. The first-order chi connectivity index (χ1) is 8.68. The lowest BCUT2D eigenvalue weighted by Gasteiger charge is -2.17. The first-order valence-electron chi connectivity index (χ1n) is 5.44. The van der Waals surface area contributed by atoms with Crippen LogP contribution in [0.5, 0.6) is 0 Å². The van der Waals surface area contributed by atoms with Crippen LogP contribution in [0, 0.1) is 0 Å². The van der Waals surface area contributed by atoms with E-state index in [1.165, 1.54) is 24.3 Å². The van der Waals surface area contributed by atoms with Crippen molar-refractivity contribution in [3.05, 3.63) is 35.9 Å². The van der Waals surface area contributed by atoms with Gasteiger partial charge in [-0.25, -0.2) is 13.2 Å². The Hall–Kier alpha value is -1.98. The summed E-state index contributed by atoms with van der Waals surface area (Å²) in [6, 6.07) is 7.21. The van der Waals surface area contributed by atoms with Gasteiger partial charge in [-0.3, -0.25) is 0 Å². The molecule has 1 aromatic rings. The van der Waals surface area contributed by atoms with Crippen LogP contribution in [0.15, 0.2) is 35.2 Å². The summed E-state index contributed by atoms with van der Waals surface area (Å²) < 4.78 is 29.1. The standard InChI is InChI=1S/C12H14N2O4S/c1-12(2,3)18-11(15)10(14-13)19(16,17)9-7-5-4-6-8-9/h4-8H,1-3H3. The predicted octanol–water partition coefficient (Wildman–Crippen LogP) is 1.43. The topological polar surface area (TPSA) is 96.8 Å². The lowest BCUT2D eigenvalue weighted by molar-refractivity contribution is -0.150. The average molecular weight is 282 g/mol. The van der Waals surface area contributed by atoms with Crippen LogP contribution in [0.1, 0.15) is 20.8 Å². The Labute approximate surface area is 111 Å². The molecule has 0 bridgehead atoms. The maximum atomic E-state index is 12.1. The van der Waals surface area contributed by atoms with Crippen LogP contribution in [0.2, 0.25) is 0 Å². The van der Waals surface area contributed by atoms with Crippen molar-refractivity contribution in [3.63, 3.8) is 0 Å². The summed E-state index contributed by atoms with van der Waals surface area (Å²) in [5.74, 6) is -1.20. The van der Waals surface area contributed by atoms with Crippen LogP contribution in [-0.2, 0) is 19.4 Å². The molecule has 0 saturated heterocycles. The van der Waals surface area contributed by atoms with Crippen LogP contribution in [0.25, 0.3) is 5.53 Å². The molecule has 0 spiro atoms. The highest BCUT2D eigenvalue weighted by Crippen LogP contribution is 2.14. The summed E-state index contributed by atoms with van der Waals surface area (Å²) in [5, 5.41) is -1.03. The zero-order valence-electron chi connectivity index (χ0n) is 10.8. The van der Waals surface area contributed by atoms with Gasteiger partial charge in [0.15, 0.2) is 0 Å². The fourth-order valence-corrected chi connectivity index (χ4v) is 2.34. The summed E-state index contributed by atoms with van der Waals surface area (Å²) in [6.45, 7) is 4.74. The van der Waals surface area contributed by atoms with Gasteiger partial charge in [-0.1, -0.05) is 18.2 Å². The molecule has 0 aliphatic heterocycles. The van der Waals surface area contributed by atoms with E-state index in [4.69, 9.17) is 10.3 Å². The molecule has 1 aromatic carbocycles. The monoisotopic (exact) mass is 282 g/mol. The van der Waals surface area contributed by atoms with E-state index >= 15 is 0 Å². The molecule has 0 radical (unpaired) electrons. The van der Waals surface area contributed by atoms with Gasteiger partial charge in [0.25, 0.3) is 9.84 Å². The minimum absolute atomic E-state index is 0.145. The Bertz CT molecular complexity index is 623. The number of sulfone groups is 1. The summed E-state index contributed by atoms with van der Waals surface area (Å²) in [6.07, 6.45) is 0. The number of nitrogens with zero attached hydrogens (tertiary/aromatic N) is 2. The Balaban J connectivity index is 3.20. The highest BCUT2D eigenvalue weighted by Gasteiger charge is 2.40. The SMILES string of the molecule is CC(C)(C)OC(=O)C(=[N+]=[N-])S(=O)(=O)c1ccccc1. The Morgan fingerprint density at radius 3 is 2.16 bits per heavy atom. The van der Waals surface area contributed by atoms with Crippen molar-refractivity contribution in [1.29, 1.82) is 0 Å². The lowest BCUT2D eigenvalue weighted by atomic mass is 10.2. The number of ether oxygens (including phenoxy) is 1. The van der Waals surface area contributed by atoms with Gasteiger partial charge >= 0.3 is 11.0 Å². The number of carbonyl (C=O) groups excluding carboxylic acids is 1. The van der Waals surface area contributed by atoms with Crippen LogP contribution >= 0.6 is 0 Å². The van der Waals surface area contributed by atoms with Crippen LogP contribution < -0.4 is 0 Å². The molecule has 0 aromatic heterocycles. The molecule has 1 rings (SSSR count). The van der Waals surface area contributed by atoms with E-state index in [0.29, 0.717) is 0 Å². The second-order valence-electron chi connectivity index (χ2n) is 4.72. The minimum Gasteiger partial charge on any atom is -0.451 e. The Kier molecular flexibility index (Phi) is 4.24. The van der Waals surface area contributed by atoms with E-state index in [0.717, 1.165) is 0 Å². The second-order valence-corrected chi connectivity index (χ2v) is 6.59. The van der Waals surface area contributed by atoms with E-state index in [1.54, 1.807) is 26.8 Å². The number of carbonyl (C=O) groups is 1. The highest BCUT2D eigenvalue weighted by atomic mass is 32.2. The van der Waals surface area contributed by atoms with Crippen molar-refractivity contribution >= 4 is 20.9 Å². The van der Waals surface area contributed by atoms with E-state index < -0.39 is 26.5 Å². The highest BCUT2D eigenvalue weighted by molar-refractivity contribution is 8.08. The zero-order valence-corrected chi connectivity index (χ0v) is 11.6. The smallest absolute Gasteiger partial charge is 0.451 e. The number of esters is 1. The fraction of sp³-hybridized carbons (Fsp3) is 0.333. The molecule has 0 atom stereocenters. The van der Waals surface area contributed by atoms with Crippen molar-refractivity contribution < 1.29 is 22.7 Å². The number of benzene rings is 1. The van der Waals surface area contributed by atoms with Crippen molar-refractivity contribution in [2.75, 3.05) is 0 Å². The molecule has 0 aliphatic carbocycles. The summed E-state index contributed by atoms with van der Waals surface area (Å²) >= 11 is 0. The quantitative estimate of drug-likeness (QED) is 0.256. The first kappa shape index (κ1) is 15.1. The number of rotatable bonds is 1. The van der Waals surface area contributed by atoms with E-state index in [1.807, 2.05) is 0 Å². The van der Waals surface area contributed by atoms with Gasteiger partial charge in [-0.2, -0.15) is 0 Å². The summed E-state index contributed by atoms with van der Waals surface area (Å²) in [7, 11) is -4.20. The molecule has 0 N–H and O–H groups in total. The summed E-state index contributed by atoms with van der Waals surface area (Å²) in [5.41, 5.74) is 7.91. The maximum absolute atomic E-state index is 12.1. The molecule has 7 heteroatoms. The molecular weight excluding hydrogens is 268 g/mol. The largest absolute Gasteiger partial charge is 0.493 e. The van der Waals surface area contributed by atoms with Crippen molar-refractivity contribution in [2.24, 2.45) is 0 Å². The van der Waals surface area contributed by atoms with Crippen molar-refractivity contribution in [3.8, 4) is 0 Å². The number of hydrogen-bond acceptors (Lipinski definition) is 4. The molecule has 0 unspecified atom stereocenters. The van der Waals surface area contributed by atoms with Gasteiger partial charge in [0.2, 0.25) is 0 Å². The third kappa shape index (κ3) is 3.74. The molecule has 0 heterocycles. The zero-order chi connectivity index (χ0) is 14.7. The molecule has 0 fully saturated rings. The average Bonchev–Trinajstić information content (AvgIpc) is 2.28. The molecule has 19 heavy (non-hydrogen) atoms. The van der Waals surface area contributed by atoms with Crippen LogP contribution in [0.3, 0.4) is 0 Å². The third-order valence-electron chi connectivity index (χ3n) is 1.97. The van der Waals surface area contributed by atoms with E-state index in [-0.39, 0.29) is 4.90 Å². The van der Waals surface area contributed by atoms with Gasteiger partial charge < -0.3 is 10.3 Å². The van der Waals surface area contributed by atoms with Crippen molar-refractivity contribution in [2.45, 2.75) is 31.3 Å². The van der Waals surface area contributed by atoms with Crippen LogP contribution in [0.4, 0.5) is 0 Å². The molecule has 6 nitrogen and oxygen atoms in total. The maximum Gasteiger partial charge on any atom is 0.493 e. The van der Waals surface area contributed by atoms with Gasteiger partial charge in [0.05, 0.1) is 4.90 Å².